The SMILES string of the molecule is CN(C)C(CNC(=O)Nc1ccccc1F)c1cccs1. The van der Waals surface area contributed by atoms with Crippen LogP contribution in [-0.4, -0.2) is 31.6 Å². The van der Waals surface area contributed by atoms with Crippen LogP contribution >= 0.6 is 11.3 Å². The molecular formula is C15H18FN3OS. The van der Waals surface area contributed by atoms with Crippen molar-refractivity contribution in [2.75, 3.05) is 26.0 Å². The third kappa shape index (κ3) is 4.27. The summed E-state index contributed by atoms with van der Waals surface area (Å²) in [6.07, 6.45) is 0. The highest BCUT2D eigenvalue weighted by Gasteiger charge is 2.16. The van der Waals surface area contributed by atoms with Crippen LogP contribution in [0, 0.1) is 5.82 Å². The predicted molar refractivity (Wildman–Crippen MR) is 84.2 cm³/mol. The number of carbonyl (C=O) groups excluding carboxylic acids is 1. The number of para-hydroxylation sites is 1. The number of hydrogen-bond donors (Lipinski definition) is 2. The molecule has 0 radical (unpaired) electrons. The Morgan fingerprint density at radius 2 is 2.05 bits per heavy atom. The molecule has 2 N–H and O–H groups in total. The van der Waals surface area contributed by atoms with Gasteiger partial charge in [0.25, 0.3) is 0 Å². The van der Waals surface area contributed by atoms with E-state index in [-0.39, 0.29) is 11.7 Å². The average molecular weight is 307 g/mol. The molecule has 0 aliphatic rings. The molecular weight excluding hydrogens is 289 g/mol. The second-order valence-electron chi connectivity index (χ2n) is 4.81. The maximum absolute atomic E-state index is 13.5. The van der Waals surface area contributed by atoms with E-state index in [1.54, 1.807) is 23.5 Å². The van der Waals surface area contributed by atoms with Gasteiger partial charge in [0, 0.05) is 11.4 Å². The third-order valence-corrected chi connectivity index (χ3v) is 4.05. The third-order valence-electron chi connectivity index (χ3n) is 3.07. The minimum Gasteiger partial charge on any atom is -0.336 e. The molecule has 1 aromatic carbocycles. The number of amides is 2. The van der Waals surface area contributed by atoms with Gasteiger partial charge in [-0.2, -0.15) is 0 Å². The molecule has 0 aliphatic carbocycles. The van der Waals surface area contributed by atoms with Crippen molar-refractivity contribution >= 4 is 23.1 Å². The van der Waals surface area contributed by atoms with Gasteiger partial charge in [-0.15, -0.1) is 11.3 Å². The number of anilines is 1. The lowest BCUT2D eigenvalue weighted by molar-refractivity contribution is 0.244. The van der Waals surface area contributed by atoms with E-state index in [1.807, 2.05) is 36.5 Å². The molecule has 2 aromatic rings. The number of benzene rings is 1. The molecule has 2 amide bonds. The Kier molecular flexibility index (Phi) is 5.30. The van der Waals surface area contributed by atoms with Crippen molar-refractivity contribution in [3.05, 3.63) is 52.5 Å². The zero-order valence-corrected chi connectivity index (χ0v) is 12.8. The number of hydrogen-bond acceptors (Lipinski definition) is 3. The van der Waals surface area contributed by atoms with Crippen molar-refractivity contribution in [2.24, 2.45) is 0 Å². The van der Waals surface area contributed by atoms with Gasteiger partial charge in [-0.1, -0.05) is 18.2 Å². The molecule has 112 valence electrons. The maximum atomic E-state index is 13.5. The Morgan fingerprint density at radius 1 is 1.29 bits per heavy atom. The van der Waals surface area contributed by atoms with Gasteiger partial charge in [0.05, 0.1) is 11.7 Å². The Bertz CT molecular complexity index is 586. The Hall–Kier alpha value is -1.92. The molecule has 0 bridgehead atoms. The fraction of sp³-hybridized carbons (Fsp3) is 0.267. The van der Waals surface area contributed by atoms with E-state index in [0.29, 0.717) is 6.54 Å². The molecule has 1 heterocycles. The maximum Gasteiger partial charge on any atom is 0.319 e. The summed E-state index contributed by atoms with van der Waals surface area (Å²) in [4.78, 5) is 15.1. The van der Waals surface area contributed by atoms with E-state index < -0.39 is 11.8 Å². The van der Waals surface area contributed by atoms with Gasteiger partial charge in [-0.05, 0) is 37.7 Å². The number of halogens is 1. The first-order valence-corrected chi connectivity index (χ1v) is 7.45. The Morgan fingerprint density at radius 3 is 2.67 bits per heavy atom. The molecule has 1 atom stereocenters. The Balaban J connectivity index is 1.92. The number of carbonyl (C=O) groups is 1. The first-order chi connectivity index (χ1) is 10.1. The monoisotopic (exact) mass is 307 g/mol. The van der Waals surface area contributed by atoms with Crippen LogP contribution in [0.1, 0.15) is 10.9 Å². The molecule has 6 heteroatoms. The van der Waals surface area contributed by atoms with Crippen molar-refractivity contribution < 1.29 is 9.18 Å². The van der Waals surface area contributed by atoms with E-state index in [4.69, 9.17) is 0 Å². The summed E-state index contributed by atoms with van der Waals surface area (Å²) in [6.45, 7) is 0.452. The largest absolute Gasteiger partial charge is 0.336 e. The van der Waals surface area contributed by atoms with E-state index in [1.165, 1.54) is 17.0 Å². The van der Waals surface area contributed by atoms with Crippen molar-refractivity contribution in [3.8, 4) is 0 Å². The molecule has 2 rings (SSSR count). The van der Waals surface area contributed by atoms with Crippen LogP contribution in [0.25, 0.3) is 0 Å². The molecule has 1 unspecified atom stereocenters. The summed E-state index contributed by atoms with van der Waals surface area (Å²) >= 11 is 1.64. The van der Waals surface area contributed by atoms with Crippen LogP contribution in [0.4, 0.5) is 14.9 Å². The molecule has 0 aliphatic heterocycles. The highest BCUT2D eigenvalue weighted by Crippen LogP contribution is 2.22. The van der Waals surface area contributed by atoms with Crippen LogP contribution < -0.4 is 10.6 Å². The van der Waals surface area contributed by atoms with Crippen LogP contribution in [0.3, 0.4) is 0 Å². The molecule has 0 saturated heterocycles. The molecule has 21 heavy (non-hydrogen) atoms. The van der Waals surface area contributed by atoms with Crippen LogP contribution in [0.15, 0.2) is 41.8 Å². The van der Waals surface area contributed by atoms with Crippen molar-refractivity contribution in [3.63, 3.8) is 0 Å². The zero-order valence-electron chi connectivity index (χ0n) is 12.0. The van der Waals surface area contributed by atoms with E-state index >= 15 is 0 Å². The minimum atomic E-state index is -0.449. The molecule has 0 spiro atoms. The summed E-state index contributed by atoms with van der Waals surface area (Å²) in [5, 5.41) is 7.29. The van der Waals surface area contributed by atoms with Crippen LogP contribution in [-0.2, 0) is 0 Å². The second kappa shape index (κ2) is 7.19. The molecule has 1 aromatic heterocycles. The molecule has 4 nitrogen and oxygen atoms in total. The summed E-state index contributed by atoms with van der Waals surface area (Å²) in [5.41, 5.74) is 0.174. The topological polar surface area (TPSA) is 44.4 Å². The summed E-state index contributed by atoms with van der Waals surface area (Å²) in [5.74, 6) is -0.449. The van der Waals surface area contributed by atoms with Gasteiger partial charge in [-0.25, -0.2) is 9.18 Å². The van der Waals surface area contributed by atoms with Gasteiger partial charge in [0.2, 0.25) is 0 Å². The van der Waals surface area contributed by atoms with Crippen LogP contribution in [0.5, 0.6) is 0 Å². The lowest BCUT2D eigenvalue weighted by Gasteiger charge is -2.23. The number of nitrogens with zero attached hydrogens (tertiary/aromatic N) is 1. The number of urea groups is 1. The number of thiophene rings is 1. The van der Waals surface area contributed by atoms with Gasteiger partial charge < -0.3 is 15.5 Å². The lowest BCUT2D eigenvalue weighted by atomic mass is 10.2. The molecule has 0 fully saturated rings. The fourth-order valence-electron chi connectivity index (χ4n) is 1.94. The van der Waals surface area contributed by atoms with Crippen LogP contribution in [0.2, 0.25) is 0 Å². The minimum absolute atomic E-state index is 0.0939. The molecule has 0 saturated carbocycles. The van der Waals surface area contributed by atoms with Crippen molar-refractivity contribution in [1.29, 1.82) is 0 Å². The normalized spacial score (nSPS) is 12.2. The average Bonchev–Trinajstić information content (AvgIpc) is 2.95. The van der Waals surface area contributed by atoms with E-state index in [2.05, 4.69) is 10.6 Å². The highest BCUT2D eigenvalue weighted by atomic mass is 32.1. The lowest BCUT2D eigenvalue weighted by Crippen LogP contribution is -2.36. The summed E-state index contributed by atoms with van der Waals surface area (Å²) in [7, 11) is 3.92. The quantitative estimate of drug-likeness (QED) is 0.890. The number of nitrogens with one attached hydrogen (secondary N) is 2. The smallest absolute Gasteiger partial charge is 0.319 e. The van der Waals surface area contributed by atoms with Gasteiger partial charge in [0.15, 0.2) is 0 Å². The summed E-state index contributed by atoms with van der Waals surface area (Å²) in [6, 6.07) is 9.79. The fourth-order valence-corrected chi connectivity index (χ4v) is 2.86. The van der Waals surface area contributed by atoms with Gasteiger partial charge >= 0.3 is 6.03 Å². The van der Waals surface area contributed by atoms with E-state index in [9.17, 15) is 9.18 Å². The standard InChI is InChI=1S/C15H18FN3OS/c1-19(2)13(14-8-5-9-21-14)10-17-15(20)18-12-7-4-3-6-11(12)16/h3-9,13H,10H2,1-2H3,(H2,17,18,20). The first-order valence-electron chi connectivity index (χ1n) is 6.57. The second-order valence-corrected chi connectivity index (χ2v) is 5.79. The van der Waals surface area contributed by atoms with Crippen molar-refractivity contribution in [1.82, 2.24) is 10.2 Å². The predicted octanol–water partition coefficient (Wildman–Crippen LogP) is 3.31. The highest BCUT2D eigenvalue weighted by molar-refractivity contribution is 7.10. The number of rotatable bonds is 5. The first kappa shape index (κ1) is 15.5. The van der Waals surface area contributed by atoms with Gasteiger partial charge in [0.1, 0.15) is 5.82 Å². The van der Waals surface area contributed by atoms with Crippen molar-refractivity contribution in [2.45, 2.75) is 6.04 Å². The van der Waals surface area contributed by atoms with E-state index in [0.717, 1.165) is 0 Å². The Labute approximate surface area is 127 Å². The zero-order chi connectivity index (χ0) is 15.2. The number of likely N-dealkylation sites (N-methyl/N-ethyl adjacent to an activating group) is 1. The van der Waals surface area contributed by atoms with Gasteiger partial charge in [-0.3, -0.25) is 0 Å². The summed E-state index contributed by atoms with van der Waals surface area (Å²) < 4.78 is 13.5.